The van der Waals surface area contributed by atoms with E-state index in [2.05, 4.69) is 0 Å². The summed E-state index contributed by atoms with van der Waals surface area (Å²) in [6.45, 7) is 9.71. The summed E-state index contributed by atoms with van der Waals surface area (Å²) in [5.41, 5.74) is -0.534. The van der Waals surface area contributed by atoms with Crippen LogP contribution in [-0.2, 0) is 28.7 Å². The highest BCUT2D eigenvalue weighted by atomic mass is 16.6. The third-order valence-electron chi connectivity index (χ3n) is 8.97. The summed E-state index contributed by atoms with van der Waals surface area (Å²) in [6, 6.07) is -0.740. The standard InChI is InChI=1S/C32H49NO7/c1-6-24(34)19-28(35)32(5)20-23(4)27-17-16-25(39-27)13-9-12-22(3)30(37)21(2)11-7-8-15-29(36)33-18-10-14-26(33)31(38)40-32/h8,12,15,21,23,25-28,35H,6-7,9-11,13-14,16-20H2,1-5H3/b15-8-,22-12-/t21-,23-,25-,26-,27+,28+,32+/m0/s1. The predicted octanol–water partition coefficient (Wildman–Crippen LogP) is 4.86. The van der Waals surface area contributed by atoms with Gasteiger partial charge in [-0.2, -0.15) is 0 Å². The Morgan fingerprint density at radius 1 is 1.12 bits per heavy atom. The number of ketones is 2. The number of nitrogens with zero attached hydrogens (tertiary/aromatic N) is 1. The molecule has 3 aliphatic rings. The zero-order valence-electron chi connectivity index (χ0n) is 25.0. The number of rotatable bonds is 4. The van der Waals surface area contributed by atoms with Crippen LogP contribution in [0.15, 0.2) is 23.8 Å². The van der Waals surface area contributed by atoms with Gasteiger partial charge in [0.25, 0.3) is 0 Å². The molecule has 8 heteroatoms. The molecule has 3 aliphatic heterocycles. The SMILES string of the molecule is CCC(=O)C[C@@H](O)[C@@]1(C)C[C@H](C)[C@H]2CC[C@H](CC/C=C(/C)C(=O)[C@@H](C)CC/C=C\C(=O)N3CCC[C@H]3C(=O)O1)O2. The lowest BCUT2D eigenvalue weighted by molar-refractivity contribution is -0.182. The van der Waals surface area contributed by atoms with E-state index in [4.69, 9.17) is 9.47 Å². The highest BCUT2D eigenvalue weighted by Gasteiger charge is 2.45. The molecule has 3 rings (SSSR count). The number of allylic oxidation sites excluding steroid dienone is 3. The van der Waals surface area contributed by atoms with Crippen LogP contribution in [0.25, 0.3) is 0 Å². The summed E-state index contributed by atoms with van der Waals surface area (Å²) in [7, 11) is 0. The van der Waals surface area contributed by atoms with E-state index in [1.807, 2.05) is 26.8 Å². The molecular weight excluding hydrogens is 510 g/mol. The Kier molecular flexibility index (Phi) is 11.7. The van der Waals surface area contributed by atoms with Gasteiger partial charge in [-0.25, -0.2) is 4.79 Å². The van der Waals surface area contributed by atoms with Gasteiger partial charge < -0.3 is 19.5 Å². The maximum absolute atomic E-state index is 13.5. The summed E-state index contributed by atoms with van der Waals surface area (Å²) >= 11 is 0. The van der Waals surface area contributed by atoms with E-state index >= 15 is 0 Å². The minimum atomic E-state index is -1.30. The zero-order chi connectivity index (χ0) is 29.4. The molecule has 0 saturated carbocycles. The minimum absolute atomic E-state index is 0.0350. The molecule has 8 nitrogen and oxygen atoms in total. The monoisotopic (exact) mass is 559 g/mol. The van der Waals surface area contributed by atoms with E-state index < -0.39 is 23.7 Å². The number of Topliss-reactive ketones (excluding diaryl/α,β-unsaturated/α-hetero) is 2. The summed E-state index contributed by atoms with van der Waals surface area (Å²) in [5, 5.41) is 11.2. The van der Waals surface area contributed by atoms with Gasteiger partial charge in [-0.05, 0) is 89.2 Å². The molecule has 7 atom stereocenters. The number of ether oxygens (including phenoxy) is 2. The molecule has 0 aliphatic carbocycles. The highest BCUT2D eigenvalue weighted by molar-refractivity contribution is 5.96. The molecule has 0 aromatic heterocycles. The summed E-state index contributed by atoms with van der Waals surface area (Å²) in [5.74, 6) is -0.956. The largest absolute Gasteiger partial charge is 0.455 e. The molecule has 2 fully saturated rings. The van der Waals surface area contributed by atoms with Gasteiger partial charge in [-0.1, -0.05) is 32.9 Å². The van der Waals surface area contributed by atoms with Gasteiger partial charge >= 0.3 is 5.97 Å². The molecule has 0 aromatic carbocycles. The number of cyclic esters (lactones) is 1. The van der Waals surface area contributed by atoms with Crippen molar-refractivity contribution in [3.05, 3.63) is 23.8 Å². The van der Waals surface area contributed by atoms with E-state index in [1.54, 1.807) is 19.9 Å². The molecule has 0 spiro atoms. The quantitative estimate of drug-likeness (QED) is 0.490. The minimum Gasteiger partial charge on any atom is -0.455 e. The fraction of sp³-hybridized carbons (Fsp3) is 0.750. The number of carbonyl (C=O) groups excluding carboxylic acids is 4. The van der Waals surface area contributed by atoms with Crippen LogP contribution < -0.4 is 0 Å². The van der Waals surface area contributed by atoms with Gasteiger partial charge in [0.05, 0.1) is 12.2 Å². The van der Waals surface area contributed by atoms with Crippen LogP contribution in [-0.4, -0.2) is 69.9 Å². The third kappa shape index (κ3) is 8.35. The van der Waals surface area contributed by atoms with Crippen molar-refractivity contribution in [2.75, 3.05) is 6.54 Å². The average molecular weight is 560 g/mol. The summed E-state index contributed by atoms with van der Waals surface area (Å²) in [4.78, 5) is 53.1. The van der Waals surface area contributed by atoms with Crippen LogP contribution in [0.5, 0.6) is 0 Å². The second kappa shape index (κ2) is 14.5. The molecular formula is C32H49NO7. The van der Waals surface area contributed by atoms with E-state index in [0.29, 0.717) is 45.1 Å². The molecule has 2 saturated heterocycles. The number of amides is 1. The first kappa shape index (κ1) is 32.2. The zero-order valence-corrected chi connectivity index (χ0v) is 25.0. The second-order valence-electron chi connectivity index (χ2n) is 12.3. The Bertz CT molecular complexity index is 988. The van der Waals surface area contributed by atoms with Crippen molar-refractivity contribution in [2.24, 2.45) is 11.8 Å². The lowest BCUT2D eigenvalue weighted by Gasteiger charge is -2.38. The first-order valence-electron chi connectivity index (χ1n) is 15.2. The molecule has 0 aromatic rings. The fourth-order valence-electron chi connectivity index (χ4n) is 6.26. The molecule has 3 heterocycles. The number of esters is 1. The van der Waals surface area contributed by atoms with E-state index in [0.717, 1.165) is 31.3 Å². The van der Waals surface area contributed by atoms with Crippen molar-refractivity contribution in [3.63, 3.8) is 0 Å². The van der Waals surface area contributed by atoms with Crippen molar-refractivity contribution in [3.8, 4) is 0 Å². The number of fused-ring (bicyclic) bond motifs is 3. The maximum Gasteiger partial charge on any atom is 0.329 e. The lowest BCUT2D eigenvalue weighted by Crippen LogP contribution is -2.51. The normalized spacial score (nSPS) is 36.1. The number of carbonyl (C=O) groups is 4. The van der Waals surface area contributed by atoms with E-state index in [9.17, 15) is 24.3 Å². The third-order valence-corrected chi connectivity index (χ3v) is 8.97. The maximum atomic E-state index is 13.5. The van der Waals surface area contributed by atoms with Crippen molar-refractivity contribution >= 4 is 23.4 Å². The van der Waals surface area contributed by atoms with Gasteiger partial charge in [-0.15, -0.1) is 0 Å². The van der Waals surface area contributed by atoms with Crippen molar-refractivity contribution in [1.29, 1.82) is 0 Å². The van der Waals surface area contributed by atoms with Crippen molar-refractivity contribution < 1.29 is 33.8 Å². The van der Waals surface area contributed by atoms with E-state index in [1.165, 1.54) is 11.0 Å². The number of aliphatic hydroxyl groups excluding tert-OH is 1. The molecule has 0 unspecified atom stereocenters. The Hall–Kier alpha value is -2.32. The summed E-state index contributed by atoms with van der Waals surface area (Å²) in [6.07, 6.45) is 10.4. The number of hydrogen-bond acceptors (Lipinski definition) is 7. The van der Waals surface area contributed by atoms with Crippen molar-refractivity contribution in [2.45, 2.75) is 135 Å². The Morgan fingerprint density at radius 2 is 1.88 bits per heavy atom. The fourth-order valence-corrected chi connectivity index (χ4v) is 6.26. The first-order chi connectivity index (χ1) is 18.9. The van der Waals surface area contributed by atoms with Crippen LogP contribution in [0.1, 0.15) is 105 Å². The highest BCUT2D eigenvalue weighted by Crippen LogP contribution is 2.36. The number of aliphatic hydroxyl groups is 1. The Balaban J connectivity index is 1.86. The smallest absolute Gasteiger partial charge is 0.329 e. The lowest BCUT2D eigenvalue weighted by atomic mass is 9.82. The molecule has 40 heavy (non-hydrogen) atoms. The van der Waals surface area contributed by atoms with Crippen LogP contribution in [0.2, 0.25) is 0 Å². The second-order valence-corrected chi connectivity index (χ2v) is 12.3. The van der Waals surface area contributed by atoms with Gasteiger partial charge in [-0.3, -0.25) is 14.4 Å². The Morgan fingerprint density at radius 3 is 2.60 bits per heavy atom. The average Bonchev–Trinajstić information content (AvgIpc) is 3.60. The molecule has 2 bridgehead atoms. The van der Waals surface area contributed by atoms with Gasteiger partial charge in [0.1, 0.15) is 23.5 Å². The Labute approximate surface area is 239 Å². The van der Waals surface area contributed by atoms with Crippen molar-refractivity contribution in [1.82, 2.24) is 4.90 Å². The van der Waals surface area contributed by atoms with Crippen LogP contribution in [0.3, 0.4) is 0 Å². The molecule has 224 valence electrons. The van der Waals surface area contributed by atoms with Gasteiger partial charge in [0.2, 0.25) is 5.91 Å². The molecule has 0 radical (unpaired) electrons. The predicted molar refractivity (Wildman–Crippen MR) is 152 cm³/mol. The van der Waals surface area contributed by atoms with Crippen LogP contribution in [0, 0.1) is 11.8 Å². The summed E-state index contributed by atoms with van der Waals surface area (Å²) < 4.78 is 12.4. The van der Waals surface area contributed by atoms with Gasteiger partial charge in [0, 0.05) is 25.3 Å². The molecule has 1 N–H and O–H groups in total. The topological polar surface area (TPSA) is 110 Å². The number of hydrogen-bond donors (Lipinski definition) is 1. The van der Waals surface area contributed by atoms with Crippen LogP contribution in [0.4, 0.5) is 0 Å². The van der Waals surface area contributed by atoms with Crippen LogP contribution >= 0.6 is 0 Å². The molecule has 1 amide bonds. The first-order valence-corrected chi connectivity index (χ1v) is 15.2. The van der Waals surface area contributed by atoms with E-state index in [-0.39, 0.29) is 47.9 Å². The van der Waals surface area contributed by atoms with Gasteiger partial charge in [0.15, 0.2) is 5.78 Å².